The van der Waals surface area contributed by atoms with Crippen molar-refractivity contribution in [2.75, 3.05) is 13.2 Å². The maximum absolute atomic E-state index is 6.18. The van der Waals surface area contributed by atoms with Crippen molar-refractivity contribution in [3.05, 3.63) is 6.04 Å². The number of unbranched alkanes of at least 4 members (excludes halogenated alkanes) is 1. The Labute approximate surface area is 121 Å². The summed E-state index contributed by atoms with van der Waals surface area (Å²) < 4.78 is 12.4. The van der Waals surface area contributed by atoms with E-state index in [-0.39, 0.29) is 0 Å². The summed E-state index contributed by atoms with van der Waals surface area (Å²) in [5.74, 6) is 0.740. The summed E-state index contributed by atoms with van der Waals surface area (Å²) >= 11 is 0. The summed E-state index contributed by atoms with van der Waals surface area (Å²) in [6.45, 7) is 8.04. The van der Waals surface area contributed by atoms with Crippen LogP contribution in [0.25, 0.3) is 0 Å². The maximum atomic E-state index is 6.18. The lowest BCUT2D eigenvalue weighted by Crippen LogP contribution is -2.45. The Bertz CT molecular complexity index is 207. The molecule has 0 bridgehead atoms. The average molecular weight is 286 g/mol. The molecule has 0 aliphatic heterocycles. The quantitative estimate of drug-likeness (QED) is 0.437. The van der Waals surface area contributed by atoms with Crippen LogP contribution in [0.4, 0.5) is 0 Å². The van der Waals surface area contributed by atoms with Crippen molar-refractivity contribution in [1.29, 1.82) is 0 Å². The van der Waals surface area contributed by atoms with Gasteiger partial charge in [-0.3, -0.25) is 0 Å². The fourth-order valence-corrected chi connectivity index (χ4v) is 6.72. The predicted octanol–water partition coefficient (Wildman–Crippen LogP) is 5.02. The highest BCUT2D eigenvalue weighted by molar-refractivity contribution is 6.71. The van der Waals surface area contributed by atoms with Gasteiger partial charge in [-0.25, -0.2) is 0 Å². The smallest absolute Gasteiger partial charge is 0.341 e. The van der Waals surface area contributed by atoms with Gasteiger partial charge in [-0.15, -0.1) is 0 Å². The lowest BCUT2D eigenvalue weighted by atomic mass is 10.0. The second-order valence-electron chi connectivity index (χ2n) is 5.70. The van der Waals surface area contributed by atoms with E-state index in [9.17, 15) is 0 Å². The molecular formula is C16H33O2Si. The van der Waals surface area contributed by atoms with Crippen molar-refractivity contribution in [2.45, 2.75) is 78.2 Å². The average Bonchev–Trinajstić information content (AvgIpc) is 2.65. The van der Waals surface area contributed by atoms with E-state index in [2.05, 4.69) is 26.8 Å². The van der Waals surface area contributed by atoms with Gasteiger partial charge in [0.25, 0.3) is 0 Å². The Hall–Kier alpha value is 0.137. The molecule has 0 aromatic rings. The van der Waals surface area contributed by atoms with Gasteiger partial charge >= 0.3 is 8.56 Å². The van der Waals surface area contributed by atoms with E-state index in [4.69, 9.17) is 8.85 Å². The van der Waals surface area contributed by atoms with E-state index >= 15 is 0 Å². The van der Waals surface area contributed by atoms with E-state index in [1.165, 1.54) is 51.4 Å². The zero-order valence-electron chi connectivity index (χ0n) is 13.2. The molecule has 1 rings (SSSR count). The molecule has 19 heavy (non-hydrogen) atoms. The summed E-state index contributed by atoms with van der Waals surface area (Å²) in [5, 5.41) is 0. The van der Waals surface area contributed by atoms with Crippen molar-refractivity contribution >= 4 is 8.56 Å². The minimum absolute atomic E-state index is 0.740. The first-order chi connectivity index (χ1) is 9.26. The molecule has 0 heterocycles. The van der Waals surface area contributed by atoms with E-state index < -0.39 is 8.56 Å². The van der Waals surface area contributed by atoms with Crippen LogP contribution in [0.1, 0.15) is 72.1 Å². The van der Waals surface area contributed by atoms with Gasteiger partial charge in [-0.2, -0.15) is 0 Å². The first kappa shape index (κ1) is 17.2. The lowest BCUT2D eigenvalue weighted by molar-refractivity contribution is 0.184. The fraction of sp³-hybridized carbons (Fsp3) is 0.938. The largest absolute Gasteiger partial charge is 0.394 e. The van der Waals surface area contributed by atoms with Crippen LogP contribution in [-0.4, -0.2) is 21.8 Å². The van der Waals surface area contributed by atoms with Gasteiger partial charge in [-0.1, -0.05) is 58.3 Å². The molecule has 0 spiro atoms. The third-order valence-electron chi connectivity index (χ3n) is 4.05. The highest BCUT2D eigenvalue weighted by Gasteiger charge is 2.39. The molecule has 0 atom stereocenters. The summed E-state index contributed by atoms with van der Waals surface area (Å²) in [6.07, 6.45) is 10.8. The zero-order chi connectivity index (χ0) is 14.0. The van der Waals surface area contributed by atoms with Gasteiger partial charge in [0.05, 0.1) is 0 Å². The molecule has 0 amide bonds. The molecule has 0 aromatic heterocycles. The van der Waals surface area contributed by atoms with Crippen LogP contribution in [-0.2, 0) is 8.85 Å². The van der Waals surface area contributed by atoms with Crippen molar-refractivity contribution in [3.8, 4) is 0 Å². The molecule has 2 nitrogen and oxygen atoms in total. The molecule has 3 heteroatoms. The predicted molar refractivity (Wildman–Crippen MR) is 84.2 cm³/mol. The second-order valence-corrected chi connectivity index (χ2v) is 8.73. The van der Waals surface area contributed by atoms with Crippen LogP contribution < -0.4 is 0 Å². The number of hydrogen-bond acceptors (Lipinski definition) is 2. The van der Waals surface area contributed by atoms with Gasteiger partial charge in [0.15, 0.2) is 0 Å². The molecule has 1 aliphatic rings. The SMILES string of the molecule is CCCC[Si]([CH]C1CCCCCC1)(OCC)OCC. The third kappa shape index (κ3) is 6.41. The maximum Gasteiger partial charge on any atom is 0.341 e. The molecule has 0 unspecified atom stereocenters. The summed E-state index contributed by atoms with van der Waals surface area (Å²) in [6, 6.07) is 3.68. The molecule has 1 saturated carbocycles. The normalized spacial score (nSPS) is 18.5. The standard InChI is InChI=1S/C16H33O2Si/c1-4-7-14-19(17-5-2,18-6-3)15-16-12-10-8-9-11-13-16/h15-16H,4-14H2,1-3H3. The molecule has 113 valence electrons. The monoisotopic (exact) mass is 285 g/mol. The molecule has 1 aliphatic carbocycles. The highest BCUT2D eigenvalue weighted by atomic mass is 28.4. The minimum Gasteiger partial charge on any atom is -0.394 e. The molecular weight excluding hydrogens is 252 g/mol. The summed E-state index contributed by atoms with van der Waals surface area (Å²) in [7, 11) is -2.05. The Morgan fingerprint density at radius 3 is 2.00 bits per heavy atom. The molecule has 0 N–H and O–H groups in total. The van der Waals surface area contributed by atoms with Crippen LogP contribution in [0.15, 0.2) is 0 Å². The van der Waals surface area contributed by atoms with Gasteiger partial charge in [-0.05, 0) is 25.8 Å². The van der Waals surface area contributed by atoms with Gasteiger partial charge in [0.2, 0.25) is 0 Å². The Kier molecular flexibility index (Phi) is 9.00. The van der Waals surface area contributed by atoms with Gasteiger partial charge in [0, 0.05) is 19.3 Å². The molecule has 1 radical (unpaired) electrons. The molecule has 1 fully saturated rings. The number of hydrogen-bond donors (Lipinski definition) is 0. The topological polar surface area (TPSA) is 18.5 Å². The molecule has 0 saturated heterocycles. The van der Waals surface area contributed by atoms with Gasteiger partial charge < -0.3 is 8.85 Å². The Morgan fingerprint density at radius 1 is 0.947 bits per heavy atom. The van der Waals surface area contributed by atoms with Crippen LogP contribution >= 0.6 is 0 Å². The van der Waals surface area contributed by atoms with E-state index in [0.717, 1.165) is 25.2 Å². The summed E-state index contributed by atoms with van der Waals surface area (Å²) in [4.78, 5) is 0. The second kappa shape index (κ2) is 9.95. The van der Waals surface area contributed by atoms with Crippen LogP contribution in [0.5, 0.6) is 0 Å². The van der Waals surface area contributed by atoms with Crippen molar-refractivity contribution < 1.29 is 8.85 Å². The number of rotatable bonds is 9. The first-order valence-corrected chi connectivity index (χ1v) is 10.5. The first-order valence-electron chi connectivity index (χ1n) is 8.40. The van der Waals surface area contributed by atoms with Crippen LogP contribution in [0.3, 0.4) is 0 Å². The zero-order valence-corrected chi connectivity index (χ0v) is 14.2. The minimum atomic E-state index is -2.05. The molecule has 0 aromatic carbocycles. The third-order valence-corrected chi connectivity index (χ3v) is 7.63. The highest BCUT2D eigenvalue weighted by Crippen LogP contribution is 2.32. The Balaban J connectivity index is 2.62. The lowest BCUT2D eigenvalue weighted by Gasteiger charge is -2.33. The van der Waals surface area contributed by atoms with Crippen molar-refractivity contribution in [1.82, 2.24) is 0 Å². The van der Waals surface area contributed by atoms with E-state index in [1.54, 1.807) is 0 Å². The van der Waals surface area contributed by atoms with Crippen LogP contribution in [0.2, 0.25) is 6.04 Å². The van der Waals surface area contributed by atoms with Gasteiger partial charge in [0.1, 0.15) is 0 Å². The summed E-state index contributed by atoms with van der Waals surface area (Å²) in [5.41, 5.74) is 0. The van der Waals surface area contributed by atoms with E-state index in [1.807, 2.05) is 0 Å². The van der Waals surface area contributed by atoms with Crippen LogP contribution in [0, 0.1) is 12.0 Å². The van der Waals surface area contributed by atoms with E-state index in [0.29, 0.717) is 0 Å². The van der Waals surface area contributed by atoms with Crippen molar-refractivity contribution in [2.24, 2.45) is 5.92 Å². The van der Waals surface area contributed by atoms with Crippen molar-refractivity contribution in [3.63, 3.8) is 0 Å². The Morgan fingerprint density at radius 2 is 1.53 bits per heavy atom. The fourth-order valence-electron chi connectivity index (χ4n) is 3.11.